The molecule has 0 atom stereocenters. The van der Waals surface area contributed by atoms with Crippen molar-refractivity contribution in [3.63, 3.8) is 0 Å². The summed E-state index contributed by atoms with van der Waals surface area (Å²) in [5.74, 6) is 0.463. The highest BCUT2D eigenvalue weighted by molar-refractivity contribution is 5.68. The summed E-state index contributed by atoms with van der Waals surface area (Å²) in [5.41, 5.74) is 0.209. The van der Waals surface area contributed by atoms with Crippen molar-refractivity contribution in [2.45, 2.75) is 70.8 Å². The molecule has 2 heterocycles. The molecule has 0 saturated carbocycles. The summed E-state index contributed by atoms with van der Waals surface area (Å²) in [6.45, 7) is 7.06. The Morgan fingerprint density at radius 3 is 2.36 bits per heavy atom. The number of imidazole rings is 1. The fourth-order valence-corrected chi connectivity index (χ4v) is 3.30. The predicted molar refractivity (Wildman–Crippen MR) is 100 cm³/mol. The number of halogens is 3. The quantitative estimate of drug-likeness (QED) is 0.744. The average molecular weight is 404 g/mol. The van der Waals surface area contributed by atoms with Gasteiger partial charge in [0.25, 0.3) is 0 Å². The number of likely N-dealkylation sites (tertiary alicyclic amines) is 1. The summed E-state index contributed by atoms with van der Waals surface area (Å²) >= 11 is 0. The molecule has 0 aliphatic carbocycles. The van der Waals surface area contributed by atoms with Gasteiger partial charge in [-0.1, -0.05) is 0 Å². The lowest BCUT2D eigenvalue weighted by Crippen LogP contribution is -2.42. The van der Waals surface area contributed by atoms with E-state index in [1.807, 2.05) is 50.5 Å². The van der Waals surface area contributed by atoms with Gasteiger partial charge >= 0.3 is 12.3 Å². The fraction of sp³-hybridized carbons (Fsp3) is 0.789. The minimum atomic E-state index is -4.21. The summed E-state index contributed by atoms with van der Waals surface area (Å²) in [5, 5.41) is 0. The number of amides is 1. The molecule has 160 valence electrons. The van der Waals surface area contributed by atoms with Gasteiger partial charge in [-0.2, -0.15) is 13.2 Å². The maximum atomic E-state index is 12.7. The Labute approximate surface area is 164 Å². The van der Waals surface area contributed by atoms with Gasteiger partial charge in [-0.15, -0.1) is 0 Å². The molecule has 1 fully saturated rings. The first-order valence-electron chi connectivity index (χ1n) is 9.60. The number of nitrogens with zero attached hydrogens (tertiary/aromatic N) is 4. The normalized spacial score (nSPS) is 16.7. The van der Waals surface area contributed by atoms with Gasteiger partial charge in [-0.05, 0) is 47.7 Å². The molecule has 2 rings (SSSR count). The van der Waals surface area contributed by atoms with Crippen LogP contribution in [0.5, 0.6) is 0 Å². The lowest BCUT2D eigenvalue weighted by molar-refractivity contribution is -0.134. The highest BCUT2D eigenvalue weighted by Gasteiger charge is 2.31. The van der Waals surface area contributed by atoms with E-state index in [2.05, 4.69) is 4.98 Å². The van der Waals surface area contributed by atoms with Crippen LogP contribution in [0.2, 0.25) is 0 Å². The molecule has 28 heavy (non-hydrogen) atoms. The average Bonchev–Trinajstić information content (AvgIpc) is 2.93. The van der Waals surface area contributed by atoms with Gasteiger partial charge in [0.05, 0.1) is 12.1 Å². The number of ether oxygens (including phenoxy) is 1. The first kappa shape index (κ1) is 22.5. The van der Waals surface area contributed by atoms with Crippen molar-refractivity contribution in [1.29, 1.82) is 0 Å². The Morgan fingerprint density at radius 2 is 1.86 bits per heavy atom. The number of alkyl halides is 3. The van der Waals surface area contributed by atoms with Crippen molar-refractivity contribution in [3.8, 4) is 0 Å². The second-order valence-electron chi connectivity index (χ2n) is 8.61. The van der Waals surface area contributed by atoms with Gasteiger partial charge in [-0.25, -0.2) is 9.78 Å². The van der Waals surface area contributed by atoms with Crippen LogP contribution in [-0.4, -0.2) is 64.4 Å². The lowest BCUT2D eigenvalue weighted by atomic mass is 10.0. The molecule has 0 radical (unpaired) electrons. The molecule has 0 aromatic carbocycles. The highest BCUT2D eigenvalue weighted by Crippen LogP contribution is 2.28. The van der Waals surface area contributed by atoms with Crippen LogP contribution in [-0.2, 0) is 17.7 Å². The number of rotatable bonds is 5. The Morgan fingerprint density at radius 1 is 1.25 bits per heavy atom. The van der Waals surface area contributed by atoms with Gasteiger partial charge < -0.3 is 19.1 Å². The molecule has 0 N–H and O–H groups in total. The SMILES string of the molecule is CN(C)Cc1cn(C2CCN(C(=O)OC(C)(C)C)CC2)c(CCC(F)(F)F)n1. The Bertz CT molecular complexity index is 657. The Hall–Kier alpha value is -1.77. The van der Waals surface area contributed by atoms with Crippen molar-refractivity contribution in [2.24, 2.45) is 0 Å². The van der Waals surface area contributed by atoms with E-state index in [0.717, 1.165) is 5.69 Å². The number of piperidine rings is 1. The maximum absolute atomic E-state index is 12.7. The van der Waals surface area contributed by atoms with Crippen molar-refractivity contribution < 1.29 is 22.7 Å². The van der Waals surface area contributed by atoms with E-state index >= 15 is 0 Å². The predicted octanol–water partition coefficient (Wildman–Crippen LogP) is 4.01. The first-order valence-corrected chi connectivity index (χ1v) is 9.60. The van der Waals surface area contributed by atoms with Crippen LogP contribution in [0.25, 0.3) is 0 Å². The Balaban J connectivity index is 2.07. The lowest BCUT2D eigenvalue weighted by Gasteiger charge is -2.34. The standard InChI is InChI=1S/C19H31F3N4O2/c1-18(2,3)28-17(27)25-10-7-15(8-11-25)26-13-14(12-24(4)5)23-16(26)6-9-19(20,21)22/h13,15H,6-12H2,1-5H3. The minimum absolute atomic E-state index is 0.0327. The topological polar surface area (TPSA) is 50.6 Å². The minimum Gasteiger partial charge on any atom is -0.444 e. The van der Waals surface area contributed by atoms with Crippen molar-refractivity contribution in [3.05, 3.63) is 17.7 Å². The molecule has 1 aromatic rings. The summed E-state index contributed by atoms with van der Waals surface area (Å²) in [4.78, 5) is 20.3. The third-order valence-electron chi connectivity index (χ3n) is 4.48. The second-order valence-corrected chi connectivity index (χ2v) is 8.61. The van der Waals surface area contributed by atoms with E-state index in [-0.39, 0.29) is 18.6 Å². The van der Waals surface area contributed by atoms with E-state index in [9.17, 15) is 18.0 Å². The molecular weight excluding hydrogens is 373 g/mol. The number of carbonyl (C=O) groups is 1. The number of aromatic nitrogens is 2. The third kappa shape index (κ3) is 7.00. The first-order chi connectivity index (χ1) is 12.8. The molecule has 1 aromatic heterocycles. The molecule has 0 unspecified atom stereocenters. The van der Waals surface area contributed by atoms with Crippen LogP contribution >= 0.6 is 0 Å². The molecule has 1 aliphatic heterocycles. The smallest absolute Gasteiger partial charge is 0.410 e. The maximum Gasteiger partial charge on any atom is 0.410 e. The molecule has 1 amide bonds. The molecule has 1 saturated heterocycles. The van der Waals surface area contributed by atoms with Crippen LogP contribution in [0.15, 0.2) is 6.20 Å². The molecule has 1 aliphatic rings. The van der Waals surface area contributed by atoms with Gasteiger partial charge in [-0.3, -0.25) is 0 Å². The van der Waals surface area contributed by atoms with E-state index < -0.39 is 18.2 Å². The van der Waals surface area contributed by atoms with E-state index in [4.69, 9.17) is 4.74 Å². The highest BCUT2D eigenvalue weighted by atomic mass is 19.4. The van der Waals surface area contributed by atoms with Gasteiger partial charge in [0.15, 0.2) is 0 Å². The van der Waals surface area contributed by atoms with Crippen LogP contribution < -0.4 is 0 Å². The second kappa shape index (κ2) is 8.71. The number of hydrogen-bond donors (Lipinski definition) is 0. The fourth-order valence-electron chi connectivity index (χ4n) is 3.30. The molecule has 0 bridgehead atoms. The Kier molecular flexibility index (Phi) is 7.01. The molecule has 0 spiro atoms. The summed E-state index contributed by atoms with van der Waals surface area (Å²) in [7, 11) is 3.79. The van der Waals surface area contributed by atoms with Crippen LogP contribution in [0.1, 0.15) is 57.6 Å². The zero-order valence-electron chi connectivity index (χ0n) is 17.3. The molecular formula is C19H31F3N4O2. The summed E-state index contributed by atoms with van der Waals surface area (Å²) < 4.78 is 45.4. The number of aryl methyl sites for hydroxylation is 1. The van der Waals surface area contributed by atoms with Gasteiger partial charge in [0.2, 0.25) is 0 Å². The van der Waals surface area contributed by atoms with E-state index in [0.29, 0.717) is 38.3 Å². The van der Waals surface area contributed by atoms with Crippen molar-refractivity contribution in [1.82, 2.24) is 19.4 Å². The monoisotopic (exact) mass is 404 g/mol. The van der Waals surface area contributed by atoms with Gasteiger partial charge in [0.1, 0.15) is 11.4 Å². The number of hydrogen-bond acceptors (Lipinski definition) is 4. The van der Waals surface area contributed by atoms with Gasteiger partial charge in [0, 0.05) is 38.3 Å². The largest absolute Gasteiger partial charge is 0.444 e. The van der Waals surface area contributed by atoms with Crippen LogP contribution in [0.4, 0.5) is 18.0 Å². The molecule has 6 nitrogen and oxygen atoms in total. The third-order valence-corrected chi connectivity index (χ3v) is 4.48. The number of carbonyl (C=O) groups excluding carboxylic acids is 1. The van der Waals surface area contributed by atoms with Crippen molar-refractivity contribution >= 4 is 6.09 Å². The summed E-state index contributed by atoms with van der Waals surface area (Å²) in [6, 6.07) is 0.0327. The molecule has 9 heteroatoms. The van der Waals surface area contributed by atoms with Crippen LogP contribution in [0, 0.1) is 0 Å². The van der Waals surface area contributed by atoms with Crippen LogP contribution in [0.3, 0.4) is 0 Å². The zero-order valence-corrected chi connectivity index (χ0v) is 17.3. The van der Waals surface area contributed by atoms with E-state index in [1.54, 1.807) is 4.90 Å². The van der Waals surface area contributed by atoms with E-state index in [1.165, 1.54) is 0 Å². The summed E-state index contributed by atoms with van der Waals surface area (Å²) in [6.07, 6.45) is -2.39. The van der Waals surface area contributed by atoms with Crippen molar-refractivity contribution in [2.75, 3.05) is 27.2 Å². The zero-order chi connectivity index (χ0) is 21.1.